The standard InChI is InChI=1S/C15H19N3O2/c1-9(2)8-13(15(19)20)16-14-12-7-5-4-6-11(12)10(3)17-18-14/h4-7,9,13H,8H2,1-3H3,(H,16,18)(H,19,20). The van der Waals surface area contributed by atoms with Gasteiger partial charge in [0, 0.05) is 10.8 Å². The van der Waals surface area contributed by atoms with Crippen LogP contribution in [0.3, 0.4) is 0 Å². The Morgan fingerprint density at radius 2 is 1.90 bits per heavy atom. The van der Waals surface area contributed by atoms with Gasteiger partial charge >= 0.3 is 5.97 Å². The van der Waals surface area contributed by atoms with Crippen LogP contribution in [0.5, 0.6) is 0 Å². The third-order valence-electron chi connectivity index (χ3n) is 3.19. The van der Waals surface area contributed by atoms with E-state index in [1.807, 2.05) is 45.0 Å². The lowest BCUT2D eigenvalue weighted by atomic mass is 10.0. The van der Waals surface area contributed by atoms with E-state index in [0.717, 1.165) is 16.5 Å². The highest BCUT2D eigenvalue weighted by Gasteiger charge is 2.20. The van der Waals surface area contributed by atoms with Crippen LogP contribution in [-0.2, 0) is 4.79 Å². The molecule has 1 aromatic heterocycles. The first-order chi connectivity index (χ1) is 9.49. The van der Waals surface area contributed by atoms with Crippen molar-refractivity contribution in [1.82, 2.24) is 10.2 Å². The summed E-state index contributed by atoms with van der Waals surface area (Å²) in [6, 6.07) is 7.07. The molecule has 0 aliphatic heterocycles. The van der Waals surface area contributed by atoms with Crippen LogP contribution in [0.2, 0.25) is 0 Å². The van der Waals surface area contributed by atoms with Gasteiger partial charge in [0.25, 0.3) is 0 Å². The maximum atomic E-state index is 11.3. The summed E-state index contributed by atoms with van der Waals surface area (Å²) >= 11 is 0. The molecule has 0 aliphatic carbocycles. The predicted molar refractivity (Wildman–Crippen MR) is 78.8 cm³/mol. The fraction of sp³-hybridized carbons (Fsp3) is 0.400. The first-order valence-electron chi connectivity index (χ1n) is 6.70. The number of aromatic nitrogens is 2. The van der Waals surface area contributed by atoms with E-state index >= 15 is 0 Å². The van der Waals surface area contributed by atoms with E-state index in [-0.39, 0.29) is 5.92 Å². The van der Waals surface area contributed by atoms with Crippen molar-refractivity contribution in [2.24, 2.45) is 5.92 Å². The Morgan fingerprint density at radius 1 is 1.25 bits per heavy atom. The molecule has 0 saturated carbocycles. The predicted octanol–water partition coefficient (Wildman–Crippen LogP) is 2.85. The Labute approximate surface area is 118 Å². The Balaban J connectivity index is 2.37. The lowest BCUT2D eigenvalue weighted by Gasteiger charge is -2.18. The average molecular weight is 273 g/mol. The molecule has 0 radical (unpaired) electrons. The summed E-state index contributed by atoms with van der Waals surface area (Å²) in [6.45, 7) is 5.88. The van der Waals surface area contributed by atoms with E-state index in [0.29, 0.717) is 12.2 Å². The summed E-state index contributed by atoms with van der Waals surface area (Å²) in [4.78, 5) is 11.3. The Bertz CT molecular complexity index is 626. The van der Waals surface area contributed by atoms with Crippen molar-refractivity contribution < 1.29 is 9.90 Å². The van der Waals surface area contributed by atoms with Gasteiger partial charge in [-0.25, -0.2) is 4.79 Å². The highest BCUT2D eigenvalue weighted by molar-refractivity contribution is 5.94. The quantitative estimate of drug-likeness (QED) is 0.876. The number of hydrogen-bond donors (Lipinski definition) is 2. The molecular formula is C15H19N3O2. The van der Waals surface area contributed by atoms with Crippen molar-refractivity contribution in [3.63, 3.8) is 0 Å². The summed E-state index contributed by atoms with van der Waals surface area (Å²) in [6.07, 6.45) is 0.541. The second-order valence-electron chi connectivity index (χ2n) is 5.34. The molecule has 2 aromatic rings. The van der Waals surface area contributed by atoms with E-state index in [9.17, 15) is 9.90 Å². The number of carbonyl (C=O) groups is 1. The molecule has 0 amide bonds. The molecule has 5 heteroatoms. The van der Waals surface area contributed by atoms with Gasteiger partial charge in [0.15, 0.2) is 5.82 Å². The smallest absolute Gasteiger partial charge is 0.326 e. The molecule has 1 unspecified atom stereocenters. The van der Waals surface area contributed by atoms with Crippen molar-refractivity contribution >= 4 is 22.6 Å². The van der Waals surface area contributed by atoms with Gasteiger partial charge in [0.1, 0.15) is 6.04 Å². The highest BCUT2D eigenvalue weighted by Crippen LogP contribution is 2.23. The van der Waals surface area contributed by atoms with E-state index in [1.165, 1.54) is 0 Å². The first-order valence-corrected chi connectivity index (χ1v) is 6.70. The molecule has 1 aromatic carbocycles. The Kier molecular flexibility index (Phi) is 4.17. The molecule has 0 spiro atoms. The molecule has 0 aliphatic rings. The first kappa shape index (κ1) is 14.2. The summed E-state index contributed by atoms with van der Waals surface area (Å²) in [5.41, 5.74) is 0.835. The molecule has 1 heterocycles. The second kappa shape index (κ2) is 5.86. The van der Waals surface area contributed by atoms with Crippen LogP contribution >= 0.6 is 0 Å². The SMILES string of the molecule is Cc1nnc(NC(CC(C)C)C(=O)O)c2ccccc12. The van der Waals surface area contributed by atoms with Crippen molar-refractivity contribution in [3.8, 4) is 0 Å². The zero-order chi connectivity index (χ0) is 14.7. The summed E-state index contributed by atoms with van der Waals surface area (Å²) in [7, 11) is 0. The maximum Gasteiger partial charge on any atom is 0.326 e. The summed E-state index contributed by atoms with van der Waals surface area (Å²) in [5.74, 6) is -0.0577. The van der Waals surface area contributed by atoms with Crippen molar-refractivity contribution in [3.05, 3.63) is 30.0 Å². The summed E-state index contributed by atoms with van der Waals surface area (Å²) in [5, 5.41) is 22.4. The third-order valence-corrected chi connectivity index (χ3v) is 3.19. The van der Waals surface area contributed by atoms with E-state index in [1.54, 1.807) is 0 Å². The van der Waals surface area contributed by atoms with Crippen LogP contribution in [0.4, 0.5) is 5.82 Å². The minimum Gasteiger partial charge on any atom is -0.480 e. The second-order valence-corrected chi connectivity index (χ2v) is 5.34. The van der Waals surface area contributed by atoms with E-state index in [4.69, 9.17) is 0 Å². The van der Waals surface area contributed by atoms with Gasteiger partial charge in [-0.1, -0.05) is 38.1 Å². The normalized spacial score (nSPS) is 12.6. The number of anilines is 1. The fourth-order valence-corrected chi connectivity index (χ4v) is 2.20. The fourth-order valence-electron chi connectivity index (χ4n) is 2.20. The minimum absolute atomic E-state index is 0.285. The third kappa shape index (κ3) is 3.04. The molecular weight excluding hydrogens is 254 g/mol. The molecule has 0 bridgehead atoms. The largest absolute Gasteiger partial charge is 0.480 e. The Morgan fingerprint density at radius 3 is 2.50 bits per heavy atom. The molecule has 20 heavy (non-hydrogen) atoms. The van der Waals surface area contributed by atoms with Gasteiger partial charge in [0.2, 0.25) is 0 Å². The number of hydrogen-bond acceptors (Lipinski definition) is 4. The van der Waals surface area contributed by atoms with Crippen molar-refractivity contribution in [2.75, 3.05) is 5.32 Å². The van der Waals surface area contributed by atoms with Gasteiger partial charge in [-0.3, -0.25) is 0 Å². The molecule has 5 nitrogen and oxygen atoms in total. The highest BCUT2D eigenvalue weighted by atomic mass is 16.4. The van der Waals surface area contributed by atoms with Crippen LogP contribution in [-0.4, -0.2) is 27.3 Å². The maximum absolute atomic E-state index is 11.3. The number of nitrogens with one attached hydrogen (secondary N) is 1. The number of fused-ring (bicyclic) bond motifs is 1. The molecule has 2 rings (SSSR count). The number of carboxylic acids is 1. The monoisotopic (exact) mass is 273 g/mol. The van der Waals surface area contributed by atoms with Crippen molar-refractivity contribution in [1.29, 1.82) is 0 Å². The number of rotatable bonds is 5. The van der Waals surface area contributed by atoms with Crippen molar-refractivity contribution in [2.45, 2.75) is 33.2 Å². The number of aliphatic carboxylic acids is 1. The van der Waals surface area contributed by atoms with Crippen LogP contribution < -0.4 is 5.32 Å². The van der Waals surface area contributed by atoms with E-state index < -0.39 is 12.0 Å². The number of benzene rings is 1. The van der Waals surface area contributed by atoms with Crippen LogP contribution in [0, 0.1) is 12.8 Å². The van der Waals surface area contributed by atoms with Crippen LogP contribution in [0.25, 0.3) is 10.8 Å². The number of carboxylic acid groups (broad SMARTS) is 1. The topological polar surface area (TPSA) is 75.1 Å². The van der Waals surface area contributed by atoms with Gasteiger partial charge in [-0.05, 0) is 19.3 Å². The van der Waals surface area contributed by atoms with E-state index in [2.05, 4.69) is 15.5 Å². The summed E-state index contributed by atoms with van der Waals surface area (Å²) < 4.78 is 0. The molecule has 106 valence electrons. The zero-order valence-corrected chi connectivity index (χ0v) is 11.9. The number of nitrogens with zero attached hydrogens (tertiary/aromatic N) is 2. The van der Waals surface area contributed by atoms with Crippen LogP contribution in [0.15, 0.2) is 24.3 Å². The van der Waals surface area contributed by atoms with Gasteiger partial charge in [-0.15, -0.1) is 5.10 Å². The molecule has 2 N–H and O–H groups in total. The minimum atomic E-state index is -0.870. The van der Waals surface area contributed by atoms with Gasteiger partial charge < -0.3 is 10.4 Å². The number of aryl methyl sites for hydroxylation is 1. The lowest BCUT2D eigenvalue weighted by molar-refractivity contribution is -0.138. The zero-order valence-electron chi connectivity index (χ0n) is 11.9. The molecule has 0 saturated heterocycles. The lowest BCUT2D eigenvalue weighted by Crippen LogP contribution is -2.31. The average Bonchev–Trinajstić information content (AvgIpc) is 2.40. The van der Waals surface area contributed by atoms with Crippen LogP contribution in [0.1, 0.15) is 26.0 Å². The molecule has 1 atom stereocenters. The molecule has 0 fully saturated rings. The van der Waals surface area contributed by atoms with Gasteiger partial charge in [0.05, 0.1) is 5.69 Å². The Hall–Kier alpha value is -2.17. The van der Waals surface area contributed by atoms with Gasteiger partial charge in [-0.2, -0.15) is 5.10 Å².